The number of nitrogens with zero attached hydrogens (tertiary/aromatic N) is 2. The summed E-state index contributed by atoms with van der Waals surface area (Å²) >= 11 is 1.97. The van der Waals surface area contributed by atoms with Crippen molar-refractivity contribution in [3.8, 4) is 0 Å². The van der Waals surface area contributed by atoms with Crippen LogP contribution in [0.4, 0.5) is 0 Å². The number of amides is 1. The summed E-state index contributed by atoms with van der Waals surface area (Å²) in [5, 5.41) is 0. The van der Waals surface area contributed by atoms with Gasteiger partial charge in [-0.15, -0.1) is 0 Å². The molecule has 4 nitrogen and oxygen atoms in total. The highest BCUT2D eigenvalue weighted by Crippen LogP contribution is 2.23. The van der Waals surface area contributed by atoms with Crippen molar-refractivity contribution in [2.75, 3.05) is 44.3 Å². The van der Waals surface area contributed by atoms with Crippen LogP contribution in [-0.2, 0) is 9.53 Å². The summed E-state index contributed by atoms with van der Waals surface area (Å²) in [6.45, 7) is 6.07. The van der Waals surface area contributed by atoms with E-state index in [1.54, 1.807) is 0 Å². The van der Waals surface area contributed by atoms with E-state index in [4.69, 9.17) is 4.74 Å². The van der Waals surface area contributed by atoms with Gasteiger partial charge < -0.3 is 9.64 Å². The fourth-order valence-electron chi connectivity index (χ4n) is 3.10. The summed E-state index contributed by atoms with van der Waals surface area (Å²) in [4.78, 5) is 17.1. The third kappa shape index (κ3) is 3.65. The zero-order valence-corrected chi connectivity index (χ0v) is 13.9. The summed E-state index contributed by atoms with van der Waals surface area (Å²) in [7, 11) is 0. The highest BCUT2D eigenvalue weighted by molar-refractivity contribution is 7.99. The minimum atomic E-state index is -0.0181. The summed E-state index contributed by atoms with van der Waals surface area (Å²) < 4.78 is 5.86. The number of hydrogen-bond acceptors (Lipinski definition) is 4. The Hall–Kier alpha value is -1.04. The lowest BCUT2D eigenvalue weighted by Crippen LogP contribution is -2.52. The lowest BCUT2D eigenvalue weighted by atomic mass is 10.1. The van der Waals surface area contributed by atoms with Gasteiger partial charge in [-0.05, 0) is 12.5 Å². The third-order valence-electron chi connectivity index (χ3n) is 4.50. The lowest BCUT2D eigenvalue weighted by molar-refractivity contribution is -0.144. The Morgan fingerprint density at radius 3 is 2.68 bits per heavy atom. The minimum absolute atomic E-state index is 0.00279. The second-order valence-electron chi connectivity index (χ2n) is 5.88. The highest BCUT2D eigenvalue weighted by atomic mass is 32.2. The molecule has 0 N–H and O–H groups in total. The molecule has 2 heterocycles. The molecule has 2 aliphatic rings. The Labute approximate surface area is 136 Å². The van der Waals surface area contributed by atoms with Crippen molar-refractivity contribution in [2.45, 2.75) is 19.1 Å². The first-order valence-corrected chi connectivity index (χ1v) is 9.18. The Bertz CT molecular complexity index is 491. The van der Waals surface area contributed by atoms with Crippen LogP contribution in [0.5, 0.6) is 0 Å². The first kappa shape index (κ1) is 15.8. The number of carbonyl (C=O) groups is 1. The van der Waals surface area contributed by atoms with E-state index in [1.807, 2.05) is 41.8 Å². The Balaban J connectivity index is 1.62. The van der Waals surface area contributed by atoms with E-state index in [2.05, 4.69) is 17.0 Å². The van der Waals surface area contributed by atoms with E-state index in [1.165, 1.54) is 0 Å². The fraction of sp³-hybridized carbons (Fsp3) is 0.588. The van der Waals surface area contributed by atoms with Gasteiger partial charge in [-0.3, -0.25) is 9.69 Å². The SMILES string of the molecule is CC(C(=O)N1CCOC(c2ccccc2)C1)N1CCSCC1. The second-order valence-corrected chi connectivity index (χ2v) is 7.10. The fourth-order valence-corrected chi connectivity index (χ4v) is 4.04. The molecule has 1 amide bonds. The van der Waals surface area contributed by atoms with Crippen LogP contribution in [0.1, 0.15) is 18.6 Å². The molecule has 5 heteroatoms. The predicted octanol–water partition coefficient (Wildman–Crippen LogP) is 2.02. The van der Waals surface area contributed by atoms with Gasteiger partial charge in [0.05, 0.1) is 19.2 Å². The smallest absolute Gasteiger partial charge is 0.239 e. The summed E-state index contributed by atoms with van der Waals surface area (Å²) in [5.74, 6) is 2.51. The Morgan fingerprint density at radius 1 is 1.23 bits per heavy atom. The van der Waals surface area contributed by atoms with Crippen LogP contribution >= 0.6 is 11.8 Å². The van der Waals surface area contributed by atoms with E-state index >= 15 is 0 Å². The molecule has 0 spiro atoms. The van der Waals surface area contributed by atoms with E-state index in [0.29, 0.717) is 19.7 Å². The maximum atomic E-state index is 12.8. The maximum Gasteiger partial charge on any atom is 0.239 e. The number of hydrogen-bond donors (Lipinski definition) is 0. The van der Waals surface area contributed by atoms with Crippen molar-refractivity contribution in [3.05, 3.63) is 35.9 Å². The van der Waals surface area contributed by atoms with Crippen molar-refractivity contribution in [3.63, 3.8) is 0 Å². The van der Waals surface area contributed by atoms with E-state index in [9.17, 15) is 4.79 Å². The van der Waals surface area contributed by atoms with Crippen LogP contribution in [0.3, 0.4) is 0 Å². The quantitative estimate of drug-likeness (QED) is 0.853. The molecule has 2 atom stereocenters. The highest BCUT2D eigenvalue weighted by Gasteiger charge is 2.31. The number of benzene rings is 1. The van der Waals surface area contributed by atoms with Gasteiger partial charge in [0.15, 0.2) is 0 Å². The summed E-state index contributed by atoms with van der Waals surface area (Å²) in [5.41, 5.74) is 1.15. The van der Waals surface area contributed by atoms with Crippen LogP contribution in [0.2, 0.25) is 0 Å². The van der Waals surface area contributed by atoms with E-state index in [-0.39, 0.29) is 18.1 Å². The van der Waals surface area contributed by atoms with Crippen LogP contribution < -0.4 is 0 Å². The molecule has 2 saturated heterocycles. The molecule has 0 bridgehead atoms. The normalized spacial score (nSPS) is 25.0. The standard InChI is InChI=1S/C17H24N2O2S/c1-14(18-8-11-22-12-9-18)17(20)19-7-10-21-16(13-19)15-5-3-2-4-6-15/h2-6,14,16H,7-13H2,1H3. The van der Waals surface area contributed by atoms with Crippen LogP contribution in [0.15, 0.2) is 30.3 Å². The zero-order chi connectivity index (χ0) is 15.4. The average Bonchev–Trinajstić information content (AvgIpc) is 2.62. The topological polar surface area (TPSA) is 32.8 Å². The van der Waals surface area contributed by atoms with Gasteiger partial charge >= 0.3 is 0 Å². The maximum absolute atomic E-state index is 12.8. The predicted molar refractivity (Wildman–Crippen MR) is 90.1 cm³/mol. The van der Waals surface area contributed by atoms with Gasteiger partial charge in [0.2, 0.25) is 5.91 Å². The second kappa shape index (κ2) is 7.49. The molecule has 2 fully saturated rings. The Kier molecular flexibility index (Phi) is 5.39. The van der Waals surface area contributed by atoms with Crippen molar-refractivity contribution >= 4 is 17.7 Å². The molecular formula is C17H24N2O2S. The summed E-state index contributed by atoms with van der Waals surface area (Å²) in [6, 6.07) is 10.2. The number of morpholine rings is 1. The van der Waals surface area contributed by atoms with Crippen LogP contribution in [0, 0.1) is 0 Å². The largest absolute Gasteiger partial charge is 0.370 e. The zero-order valence-electron chi connectivity index (χ0n) is 13.1. The van der Waals surface area contributed by atoms with Crippen LogP contribution in [0.25, 0.3) is 0 Å². The van der Waals surface area contributed by atoms with Gasteiger partial charge in [0, 0.05) is 31.1 Å². The molecule has 0 aromatic heterocycles. The van der Waals surface area contributed by atoms with E-state index < -0.39 is 0 Å². The number of rotatable bonds is 3. The molecule has 3 rings (SSSR count). The van der Waals surface area contributed by atoms with E-state index in [0.717, 1.165) is 30.2 Å². The van der Waals surface area contributed by atoms with Gasteiger partial charge in [-0.1, -0.05) is 30.3 Å². The molecule has 0 radical (unpaired) electrons. The summed E-state index contributed by atoms with van der Waals surface area (Å²) in [6.07, 6.45) is 0.00279. The molecule has 22 heavy (non-hydrogen) atoms. The molecule has 2 unspecified atom stereocenters. The molecular weight excluding hydrogens is 296 g/mol. The first-order valence-electron chi connectivity index (χ1n) is 8.03. The van der Waals surface area contributed by atoms with Crippen molar-refractivity contribution in [1.82, 2.24) is 9.80 Å². The third-order valence-corrected chi connectivity index (χ3v) is 5.44. The number of carbonyl (C=O) groups excluding carboxylic acids is 1. The average molecular weight is 320 g/mol. The molecule has 120 valence electrons. The first-order chi connectivity index (χ1) is 10.8. The molecule has 2 aliphatic heterocycles. The van der Waals surface area contributed by atoms with Gasteiger partial charge in [0.25, 0.3) is 0 Å². The monoisotopic (exact) mass is 320 g/mol. The number of ether oxygens (including phenoxy) is 1. The minimum Gasteiger partial charge on any atom is -0.370 e. The molecule has 0 saturated carbocycles. The molecule has 1 aromatic carbocycles. The van der Waals surface area contributed by atoms with Crippen molar-refractivity contribution in [2.24, 2.45) is 0 Å². The van der Waals surface area contributed by atoms with Crippen LogP contribution in [-0.4, -0.2) is 66.0 Å². The Morgan fingerprint density at radius 2 is 1.95 bits per heavy atom. The van der Waals surface area contributed by atoms with Crippen molar-refractivity contribution in [1.29, 1.82) is 0 Å². The molecule has 0 aliphatic carbocycles. The van der Waals surface area contributed by atoms with Crippen molar-refractivity contribution < 1.29 is 9.53 Å². The lowest BCUT2D eigenvalue weighted by Gasteiger charge is -2.38. The van der Waals surface area contributed by atoms with Gasteiger partial charge in [-0.25, -0.2) is 0 Å². The van der Waals surface area contributed by atoms with Gasteiger partial charge in [-0.2, -0.15) is 11.8 Å². The molecule has 1 aromatic rings. The van der Waals surface area contributed by atoms with Gasteiger partial charge in [0.1, 0.15) is 6.10 Å². The number of thioether (sulfide) groups is 1.